The summed E-state index contributed by atoms with van der Waals surface area (Å²) in [4.78, 5) is 4.20. The van der Waals surface area contributed by atoms with E-state index < -0.39 is 0 Å². The molecule has 0 atom stereocenters. The van der Waals surface area contributed by atoms with E-state index in [9.17, 15) is 0 Å². The molecule has 0 rings (SSSR count). The lowest BCUT2D eigenvalue weighted by Gasteiger charge is -2.05. The molecular formula is C9H22IN3S. The first-order valence-corrected chi connectivity index (χ1v) is 6.09. The number of nitrogens with two attached hydrogens (primary N) is 1. The van der Waals surface area contributed by atoms with E-state index in [2.05, 4.69) is 30.4 Å². The van der Waals surface area contributed by atoms with Gasteiger partial charge in [0.15, 0.2) is 5.96 Å². The summed E-state index contributed by atoms with van der Waals surface area (Å²) in [6.07, 6.45) is 3.25. The van der Waals surface area contributed by atoms with E-state index in [4.69, 9.17) is 5.73 Å². The number of guanidine groups is 1. The van der Waals surface area contributed by atoms with Crippen molar-refractivity contribution in [1.29, 1.82) is 0 Å². The molecule has 0 fully saturated rings. The first kappa shape index (κ1) is 16.8. The normalized spacial score (nSPS) is 11.3. The van der Waals surface area contributed by atoms with Crippen LogP contribution >= 0.6 is 35.7 Å². The monoisotopic (exact) mass is 331 g/mol. The fourth-order valence-corrected chi connectivity index (χ4v) is 1.20. The van der Waals surface area contributed by atoms with Crippen LogP contribution < -0.4 is 11.1 Å². The Labute approximate surface area is 109 Å². The molecule has 0 saturated heterocycles. The molecule has 0 unspecified atom stereocenters. The van der Waals surface area contributed by atoms with Crippen molar-refractivity contribution < 1.29 is 0 Å². The predicted molar refractivity (Wildman–Crippen MR) is 77.7 cm³/mol. The van der Waals surface area contributed by atoms with E-state index >= 15 is 0 Å². The first-order valence-electron chi connectivity index (χ1n) is 4.69. The zero-order valence-corrected chi connectivity index (χ0v) is 12.4. The predicted octanol–water partition coefficient (Wildman–Crippen LogP) is 1.92. The summed E-state index contributed by atoms with van der Waals surface area (Å²) in [5.74, 6) is 2.33. The topological polar surface area (TPSA) is 50.4 Å². The van der Waals surface area contributed by atoms with Gasteiger partial charge in [-0.25, -0.2) is 0 Å². The summed E-state index contributed by atoms with van der Waals surface area (Å²) >= 11 is 1.85. The van der Waals surface area contributed by atoms with Crippen LogP contribution in [0.15, 0.2) is 4.99 Å². The van der Waals surface area contributed by atoms with Crippen LogP contribution in [0.2, 0.25) is 0 Å². The number of nitrogens with zero attached hydrogens (tertiary/aromatic N) is 1. The molecule has 0 spiro atoms. The highest BCUT2D eigenvalue weighted by Gasteiger charge is 1.93. The second-order valence-corrected chi connectivity index (χ2v) is 4.38. The SMILES string of the molecule is CSCCCNC(N)=NCC(C)C.I. The maximum atomic E-state index is 5.64. The Morgan fingerprint density at radius 2 is 2.14 bits per heavy atom. The lowest BCUT2D eigenvalue weighted by Crippen LogP contribution is -2.33. The molecule has 0 saturated carbocycles. The Kier molecular flexibility index (Phi) is 13.7. The van der Waals surface area contributed by atoms with Gasteiger partial charge in [0.2, 0.25) is 0 Å². The van der Waals surface area contributed by atoms with Crippen LogP contribution in [0.1, 0.15) is 20.3 Å². The molecule has 14 heavy (non-hydrogen) atoms. The van der Waals surface area contributed by atoms with Gasteiger partial charge in [-0.2, -0.15) is 11.8 Å². The Bertz CT molecular complexity index is 151. The zero-order chi connectivity index (χ0) is 10.1. The van der Waals surface area contributed by atoms with Gasteiger partial charge in [-0.1, -0.05) is 13.8 Å². The van der Waals surface area contributed by atoms with E-state index in [-0.39, 0.29) is 24.0 Å². The molecule has 0 radical (unpaired) electrons. The van der Waals surface area contributed by atoms with Gasteiger partial charge in [0.25, 0.3) is 0 Å². The molecule has 0 bridgehead atoms. The summed E-state index contributed by atoms with van der Waals surface area (Å²) < 4.78 is 0. The Morgan fingerprint density at radius 1 is 1.50 bits per heavy atom. The molecule has 0 aliphatic rings. The Balaban J connectivity index is 0. The summed E-state index contributed by atoms with van der Waals surface area (Å²) in [7, 11) is 0. The quantitative estimate of drug-likeness (QED) is 0.338. The molecule has 86 valence electrons. The van der Waals surface area contributed by atoms with Gasteiger partial charge < -0.3 is 11.1 Å². The van der Waals surface area contributed by atoms with Crippen molar-refractivity contribution in [3.8, 4) is 0 Å². The number of rotatable bonds is 6. The van der Waals surface area contributed by atoms with Crippen molar-refractivity contribution in [3.63, 3.8) is 0 Å². The van der Waals surface area contributed by atoms with Gasteiger partial charge in [0.1, 0.15) is 0 Å². The number of halogens is 1. The fraction of sp³-hybridized carbons (Fsp3) is 0.889. The van der Waals surface area contributed by atoms with Crippen molar-refractivity contribution in [2.75, 3.05) is 25.1 Å². The van der Waals surface area contributed by atoms with Gasteiger partial charge in [-0.15, -0.1) is 24.0 Å². The van der Waals surface area contributed by atoms with Gasteiger partial charge in [-0.05, 0) is 24.3 Å². The van der Waals surface area contributed by atoms with Crippen LogP contribution in [-0.4, -0.2) is 31.1 Å². The summed E-state index contributed by atoms with van der Waals surface area (Å²) in [6, 6.07) is 0. The maximum Gasteiger partial charge on any atom is 0.188 e. The lowest BCUT2D eigenvalue weighted by atomic mass is 10.2. The molecule has 5 heteroatoms. The van der Waals surface area contributed by atoms with Gasteiger partial charge in [0, 0.05) is 13.1 Å². The fourth-order valence-electron chi connectivity index (χ4n) is 0.770. The minimum Gasteiger partial charge on any atom is -0.370 e. The number of thioether (sulfide) groups is 1. The second-order valence-electron chi connectivity index (χ2n) is 3.39. The smallest absolute Gasteiger partial charge is 0.188 e. The standard InChI is InChI=1S/C9H21N3S.HI/c1-8(2)7-12-9(10)11-5-4-6-13-3;/h8H,4-7H2,1-3H3,(H3,10,11,12);1H. The molecule has 3 N–H and O–H groups in total. The number of nitrogens with one attached hydrogen (secondary N) is 1. The molecule has 0 aromatic carbocycles. The van der Waals surface area contributed by atoms with Crippen LogP contribution in [-0.2, 0) is 0 Å². The van der Waals surface area contributed by atoms with Crippen LogP contribution in [0.4, 0.5) is 0 Å². The lowest BCUT2D eigenvalue weighted by molar-refractivity contribution is 0.661. The van der Waals surface area contributed by atoms with E-state index in [0.717, 1.165) is 19.5 Å². The van der Waals surface area contributed by atoms with Crippen LogP contribution in [0.5, 0.6) is 0 Å². The van der Waals surface area contributed by atoms with Crippen molar-refractivity contribution in [3.05, 3.63) is 0 Å². The Morgan fingerprint density at radius 3 is 2.64 bits per heavy atom. The minimum absolute atomic E-state index is 0. The molecule has 0 amide bonds. The third-order valence-corrected chi connectivity index (χ3v) is 2.16. The molecular weight excluding hydrogens is 309 g/mol. The van der Waals surface area contributed by atoms with E-state index in [1.54, 1.807) is 0 Å². The third kappa shape index (κ3) is 12.3. The molecule has 0 heterocycles. The molecule has 0 aromatic rings. The average molecular weight is 331 g/mol. The highest BCUT2D eigenvalue weighted by atomic mass is 127. The highest BCUT2D eigenvalue weighted by molar-refractivity contribution is 14.0. The van der Waals surface area contributed by atoms with Crippen LogP contribution in [0.3, 0.4) is 0 Å². The van der Waals surface area contributed by atoms with E-state index in [0.29, 0.717) is 11.9 Å². The van der Waals surface area contributed by atoms with E-state index in [1.165, 1.54) is 5.75 Å². The summed E-state index contributed by atoms with van der Waals surface area (Å²) in [5.41, 5.74) is 5.64. The van der Waals surface area contributed by atoms with Crippen molar-refractivity contribution in [1.82, 2.24) is 5.32 Å². The van der Waals surface area contributed by atoms with Crippen LogP contribution in [0.25, 0.3) is 0 Å². The van der Waals surface area contributed by atoms with Gasteiger partial charge in [-0.3, -0.25) is 4.99 Å². The summed E-state index contributed by atoms with van der Waals surface area (Å²) in [6.45, 7) is 5.99. The van der Waals surface area contributed by atoms with Crippen molar-refractivity contribution in [2.24, 2.45) is 16.6 Å². The minimum atomic E-state index is 0. The largest absolute Gasteiger partial charge is 0.370 e. The van der Waals surface area contributed by atoms with E-state index in [1.807, 2.05) is 11.8 Å². The van der Waals surface area contributed by atoms with Gasteiger partial charge in [0.05, 0.1) is 0 Å². The zero-order valence-electron chi connectivity index (χ0n) is 9.25. The molecule has 0 aromatic heterocycles. The number of hydrogen-bond donors (Lipinski definition) is 2. The van der Waals surface area contributed by atoms with Crippen molar-refractivity contribution >= 4 is 41.7 Å². The number of hydrogen-bond acceptors (Lipinski definition) is 2. The Hall–Kier alpha value is 0.350. The van der Waals surface area contributed by atoms with Gasteiger partial charge >= 0.3 is 0 Å². The molecule has 0 aliphatic carbocycles. The average Bonchev–Trinajstić information content (AvgIpc) is 2.09. The van der Waals surface area contributed by atoms with Crippen LogP contribution in [0, 0.1) is 5.92 Å². The molecule has 3 nitrogen and oxygen atoms in total. The summed E-state index contributed by atoms with van der Waals surface area (Å²) in [5, 5.41) is 3.09. The third-order valence-electron chi connectivity index (χ3n) is 1.46. The number of aliphatic imine (C=N–C) groups is 1. The maximum absolute atomic E-state index is 5.64. The van der Waals surface area contributed by atoms with Crippen molar-refractivity contribution in [2.45, 2.75) is 20.3 Å². The highest BCUT2D eigenvalue weighted by Crippen LogP contribution is 1.93. The first-order chi connectivity index (χ1) is 6.16. The second kappa shape index (κ2) is 11.4. The molecule has 0 aliphatic heterocycles.